The van der Waals surface area contributed by atoms with Crippen LogP contribution in [0.25, 0.3) is 0 Å². The van der Waals surface area contributed by atoms with Crippen LogP contribution in [-0.2, 0) is 14.3 Å². The topological polar surface area (TPSA) is 62.2 Å². The number of nitrogens with zero attached hydrogens (tertiary/aromatic N) is 3. The van der Waals surface area contributed by atoms with Gasteiger partial charge in [-0.05, 0) is 37.9 Å². The number of rotatable bonds is 6. The van der Waals surface area contributed by atoms with E-state index in [0.717, 1.165) is 24.1 Å². The molecule has 0 saturated carbocycles. The van der Waals surface area contributed by atoms with Crippen LogP contribution in [0.5, 0.6) is 0 Å². The lowest BCUT2D eigenvalue weighted by molar-refractivity contribution is -0.152. The molecule has 2 aromatic rings. The average molecular weight is 438 g/mol. The molecule has 0 aliphatic carbocycles. The summed E-state index contributed by atoms with van der Waals surface area (Å²) >= 11 is 0. The number of piperidine rings is 1. The molecule has 1 saturated heterocycles. The van der Waals surface area contributed by atoms with Gasteiger partial charge in [0.05, 0.1) is 24.9 Å². The summed E-state index contributed by atoms with van der Waals surface area (Å²) in [5.74, 6) is -0.900. The number of hydrazone groups is 1. The molecule has 0 spiro atoms. The molecule has 2 aliphatic heterocycles. The van der Waals surface area contributed by atoms with E-state index in [4.69, 9.17) is 4.74 Å². The molecule has 2 atom stereocenters. The summed E-state index contributed by atoms with van der Waals surface area (Å²) in [6.45, 7) is 2.77. The Hall–Kier alpha value is -3.06. The van der Waals surface area contributed by atoms with Crippen molar-refractivity contribution in [1.29, 1.82) is 0 Å². The summed E-state index contributed by atoms with van der Waals surface area (Å²) in [7, 11) is 0. The van der Waals surface area contributed by atoms with Crippen molar-refractivity contribution < 1.29 is 18.7 Å². The zero-order valence-electron chi connectivity index (χ0n) is 18.2. The van der Waals surface area contributed by atoms with Gasteiger partial charge in [-0.25, -0.2) is 9.40 Å². The molecule has 0 aromatic heterocycles. The van der Waals surface area contributed by atoms with Gasteiger partial charge in [0.1, 0.15) is 11.9 Å². The molecule has 0 radical (unpaired) electrons. The van der Waals surface area contributed by atoms with Crippen molar-refractivity contribution >= 4 is 17.6 Å². The van der Waals surface area contributed by atoms with Crippen LogP contribution in [0, 0.1) is 5.82 Å². The van der Waals surface area contributed by atoms with Gasteiger partial charge >= 0.3 is 5.97 Å². The number of amides is 1. The van der Waals surface area contributed by atoms with Crippen molar-refractivity contribution in [3.05, 3.63) is 71.5 Å². The number of carbonyl (C=O) groups excluding carboxylic acids is 2. The summed E-state index contributed by atoms with van der Waals surface area (Å²) in [6.07, 6.45) is 2.93. The Morgan fingerprint density at radius 3 is 2.59 bits per heavy atom. The highest BCUT2D eigenvalue weighted by Crippen LogP contribution is 2.34. The normalized spacial score (nSPS) is 21.3. The fraction of sp³-hybridized carbons (Fsp3) is 0.400. The molecular weight excluding hydrogens is 409 g/mol. The smallest absolute Gasteiger partial charge is 0.323 e. The highest BCUT2D eigenvalue weighted by Gasteiger charge is 2.37. The highest BCUT2D eigenvalue weighted by molar-refractivity contribution is 6.03. The van der Waals surface area contributed by atoms with Gasteiger partial charge in [0.15, 0.2) is 0 Å². The lowest BCUT2D eigenvalue weighted by Crippen LogP contribution is -2.49. The monoisotopic (exact) mass is 437 g/mol. The van der Waals surface area contributed by atoms with Crippen LogP contribution in [0.4, 0.5) is 4.39 Å². The lowest BCUT2D eigenvalue weighted by atomic mass is 9.98. The van der Waals surface area contributed by atoms with Crippen molar-refractivity contribution in [3.8, 4) is 0 Å². The third-order valence-electron chi connectivity index (χ3n) is 6.05. The van der Waals surface area contributed by atoms with Crippen molar-refractivity contribution in [2.45, 2.75) is 44.7 Å². The second kappa shape index (κ2) is 10.0. The Balaban J connectivity index is 1.60. The summed E-state index contributed by atoms with van der Waals surface area (Å²) in [6, 6.07) is 15.2. The summed E-state index contributed by atoms with van der Waals surface area (Å²) in [5.41, 5.74) is 2.09. The van der Waals surface area contributed by atoms with E-state index in [0.29, 0.717) is 31.6 Å². The van der Waals surface area contributed by atoms with Crippen LogP contribution in [0.3, 0.4) is 0 Å². The molecule has 168 valence electrons. The Morgan fingerprint density at radius 2 is 1.84 bits per heavy atom. The molecule has 2 heterocycles. The third kappa shape index (κ3) is 4.72. The molecule has 0 bridgehead atoms. The number of halogens is 1. The van der Waals surface area contributed by atoms with Gasteiger partial charge < -0.3 is 4.74 Å². The predicted octanol–water partition coefficient (Wildman–Crippen LogP) is 3.92. The maximum Gasteiger partial charge on any atom is 0.323 e. The number of hydrogen-bond donors (Lipinski definition) is 0. The Bertz CT molecular complexity index is 995. The van der Waals surface area contributed by atoms with Gasteiger partial charge in [-0.1, -0.05) is 55.0 Å². The van der Waals surface area contributed by atoms with E-state index in [1.54, 1.807) is 25.1 Å². The molecule has 7 heteroatoms. The second-order valence-electron chi connectivity index (χ2n) is 8.13. The highest BCUT2D eigenvalue weighted by atomic mass is 19.1. The number of likely N-dealkylation sites (tertiary alicyclic amines) is 1. The molecule has 4 rings (SSSR count). The van der Waals surface area contributed by atoms with E-state index in [1.807, 2.05) is 35.2 Å². The second-order valence-corrected chi connectivity index (χ2v) is 8.13. The summed E-state index contributed by atoms with van der Waals surface area (Å²) in [4.78, 5) is 27.7. The number of carbonyl (C=O) groups is 2. The van der Waals surface area contributed by atoms with Crippen molar-refractivity contribution in [3.63, 3.8) is 0 Å². The fourth-order valence-electron chi connectivity index (χ4n) is 4.46. The Morgan fingerprint density at radius 1 is 1.09 bits per heavy atom. The molecule has 1 fully saturated rings. The van der Waals surface area contributed by atoms with E-state index in [2.05, 4.69) is 5.10 Å². The van der Waals surface area contributed by atoms with Gasteiger partial charge in [-0.15, -0.1) is 0 Å². The zero-order valence-corrected chi connectivity index (χ0v) is 18.2. The maximum atomic E-state index is 14.7. The fourth-order valence-corrected chi connectivity index (χ4v) is 4.46. The largest absolute Gasteiger partial charge is 0.465 e. The maximum absolute atomic E-state index is 14.7. The molecular formula is C25H28FN3O3. The van der Waals surface area contributed by atoms with Crippen LogP contribution in [0.1, 0.15) is 49.8 Å². The first-order valence-corrected chi connectivity index (χ1v) is 11.2. The van der Waals surface area contributed by atoms with Gasteiger partial charge in [-0.3, -0.25) is 14.5 Å². The molecule has 0 unspecified atom stereocenters. The lowest BCUT2D eigenvalue weighted by Gasteiger charge is -2.34. The molecule has 6 nitrogen and oxygen atoms in total. The van der Waals surface area contributed by atoms with E-state index in [-0.39, 0.29) is 24.2 Å². The average Bonchev–Trinajstić information content (AvgIpc) is 3.26. The standard InChI is InChI=1S/C25H28FN3O3/c1-2-32-25(31)22-14-8-9-15-28(22)17-24(30)29-23(19-12-6-7-13-20(19)26)16-21(27-29)18-10-4-3-5-11-18/h3-7,10-13,22-23H,2,8-9,14-17H2,1H3/t22-,23+/m0/s1. The van der Waals surface area contributed by atoms with Crippen LogP contribution < -0.4 is 0 Å². The zero-order chi connectivity index (χ0) is 22.5. The Kier molecular flexibility index (Phi) is 6.95. The first-order valence-electron chi connectivity index (χ1n) is 11.2. The molecule has 32 heavy (non-hydrogen) atoms. The molecule has 2 aromatic carbocycles. The number of hydrogen-bond acceptors (Lipinski definition) is 5. The van der Waals surface area contributed by atoms with Crippen molar-refractivity contribution in [2.75, 3.05) is 19.7 Å². The Labute approximate surface area is 187 Å². The first kappa shape index (κ1) is 22.1. The van der Waals surface area contributed by atoms with Gasteiger partial charge in [0, 0.05) is 12.0 Å². The molecule has 0 N–H and O–H groups in total. The summed E-state index contributed by atoms with van der Waals surface area (Å²) < 4.78 is 19.9. The van der Waals surface area contributed by atoms with Gasteiger partial charge in [0.25, 0.3) is 5.91 Å². The predicted molar refractivity (Wildman–Crippen MR) is 119 cm³/mol. The van der Waals surface area contributed by atoms with Crippen molar-refractivity contribution in [2.24, 2.45) is 5.10 Å². The number of benzene rings is 2. The van der Waals surface area contributed by atoms with E-state index >= 15 is 0 Å². The van der Waals surface area contributed by atoms with E-state index < -0.39 is 12.1 Å². The quantitative estimate of drug-likeness (QED) is 0.643. The molecule has 2 aliphatic rings. The van der Waals surface area contributed by atoms with Gasteiger partial charge in [-0.2, -0.15) is 5.10 Å². The van der Waals surface area contributed by atoms with E-state index in [9.17, 15) is 14.0 Å². The number of ether oxygens (including phenoxy) is 1. The SMILES string of the molecule is CCOC(=O)[C@@H]1CCCCN1CC(=O)N1N=C(c2ccccc2)C[C@@H]1c1ccccc1F. The van der Waals surface area contributed by atoms with Crippen LogP contribution >= 0.6 is 0 Å². The number of esters is 1. The van der Waals surface area contributed by atoms with E-state index in [1.165, 1.54) is 11.1 Å². The molecule has 1 amide bonds. The van der Waals surface area contributed by atoms with Crippen LogP contribution in [0.2, 0.25) is 0 Å². The van der Waals surface area contributed by atoms with Crippen LogP contribution in [0.15, 0.2) is 59.7 Å². The summed E-state index contributed by atoms with van der Waals surface area (Å²) in [5, 5.41) is 6.02. The van der Waals surface area contributed by atoms with Gasteiger partial charge in [0.2, 0.25) is 0 Å². The van der Waals surface area contributed by atoms with Crippen LogP contribution in [-0.4, -0.2) is 53.2 Å². The third-order valence-corrected chi connectivity index (χ3v) is 6.05. The minimum Gasteiger partial charge on any atom is -0.465 e. The first-order chi connectivity index (χ1) is 15.6. The van der Waals surface area contributed by atoms with Crippen molar-refractivity contribution in [1.82, 2.24) is 9.91 Å². The minimum atomic E-state index is -0.523. The minimum absolute atomic E-state index is 0.0417.